The predicted octanol–water partition coefficient (Wildman–Crippen LogP) is 6.84. The molecule has 0 N–H and O–H groups in total. The van der Waals surface area contributed by atoms with Crippen LogP contribution >= 0.6 is 0 Å². The highest BCUT2D eigenvalue weighted by molar-refractivity contribution is 6.07. The van der Waals surface area contributed by atoms with E-state index in [0.717, 1.165) is 16.7 Å². The summed E-state index contributed by atoms with van der Waals surface area (Å²) in [4.78, 5) is 36.8. The van der Waals surface area contributed by atoms with Crippen LogP contribution in [0.3, 0.4) is 0 Å². The van der Waals surface area contributed by atoms with Crippen molar-refractivity contribution in [1.82, 2.24) is 0 Å². The van der Waals surface area contributed by atoms with Crippen LogP contribution in [0, 0.1) is 24.7 Å². The van der Waals surface area contributed by atoms with Crippen molar-refractivity contribution < 1.29 is 38.1 Å². The molecule has 0 saturated heterocycles. The maximum atomic E-state index is 12.9. The van der Waals surface area contributed by atoms with Gasteiger partial charge in [-0.05, 0) is 117 Å². The topological polar surface area (TPSA) is 97.4 Å². The Morgan fingerprint density at radius 2 is 1.32 bits per heavy atom. The van der Waals surface area contributed by atoms with Crippen LogP contribution in [0.1, 0.15) is 82.4 Å². The second-order valence-electron chi connectivity index (χ2n) is 11.8. The van der Waals surface area contributed by atoms with E-state index in [4.69, 9.17) is 23.7 Å². The molecule has 8 heteroatoms. The van der Waals surface area contributed by atoms with Crippen LogP contribution in [0.5, 0.6) is 17.2 Å². The minimum absolute atomic E-state index is 0.119. The molecule has 2 rings (SSSR count). The summed E-state index contributed by atoms with van der Waals surface area (Å²) in [5.41, 5.74) is 1.49. The fraction of sp³-hybridized carbons (Fsp3) is 0.469. The fourth-order valence-electron chi connectivity index (χ4n) is 3.42. The minimum Gasteiger partial charge on any atom is -0.490 e. The molecule has 0 radical (unpaired) electrons. The summed E-state index contributed by atoms with van der Waals surface area (Å²) in [6.45, 7) is 17.8. The normalized spacial score (nSPS) is 11.9. The lowest BCUT2D eigenvalue weighted by Crippen LogP contribution is -2.24. The Morgan fingerprint density at radius 3 is 1.82 bits per heavy atom. The van der Waals surface area contributed by atoms with Crippen molar-refractivity contribution in [2.75, 3.05) is 13.6 Å². The molecule has 0 aromatic heterocycles. The second kappa shape index (κ2) is 13.5. The largest absolute Gasteiger partial charge is 0.490 e. The van der Waals surface area contributed by atoms with Gasteiger partial charge in [-0.15, -0.1) is 0 Å². The highest BCUT2D eigenvalue weighted by Crippen LogP contribution is 2.36. The Bertz CT molecular complexity index is 1230. The number of carbonyl (C=O) groups is 3. The summed E-state index contributed by atoms with van der Waals surface area (Å²) in [6.07, 6.45) is 3.07. The smallest absolute Gasteiger partial charge is 0.314 e. The molecule has 2 aromatic carbocycles. The van der Waals surface area contributed by atoms with E-state index in [0.29, 0.717) is 22.8 Å². The average Bonchev–Trinajstić information content (AvgIpc) is 2.85. The molecule has 8 nitrogen and oxygen atoms in total. The molecule has 218 valence electrons. The highest BCUT2D eigenvalue weighted by Gasteiger charge is 2.24. The fourth-order valence-corrected chi connectivity index (χ4v) is 3.42. The number of ether oxygens (including phenoxy) is 5. The first-order valence-electron chi connectivity index (χ1n) is 13.2. The van der Waals surface area contributed by atoms with E-state index in [2.05, 4.69) is 0 Å². The molecule has 0 unspecified atom stereocenters. The average molecular weight is 555 g/mol. The monoisotopic (exact) mass is 554 g/mol. The van der Waals surface area contributed by atoms with Crippen LogP contribution < -0.4 is 14.2 Å². The molecule has 0 amide bonds. The number of allylic oxidation sites excluding steroid dienone is 1. The number of hydrogen-bond acceptors (Lipinski definition) is 8. The zero-order chi connectivity index (χ0) is 30.3. The van der Waals surface area contributed by atoms with Gasteiger partial charge in [-0.2, -0.15) is 0 Å². The van der Waals surface area contributed by atoms with E-state index in [1.165, 1.54) is 6.08 Å². The van der Waals surface area contributed by atoms with Crippen molar-refractivity contribution in [3.63, 3.8) is 0 Å². The van der Waals surface area contributed by atoms with Gasteiger partial charge in [-0.3, -0.25) is 14.4 Å². The van der Waals surface area contributed by atoms with Crippen LogP contribution in [-0.2, 0) is 19.1 Å². The van der Waals surface area contributed by atoms with Gasteiger partial charge in [0.25, 0.3) is 0 Å². The number of esters is 2. The molecule has 0 heterocycles. The molecule has 0 saturated carbocycles. The van der Waals surface area contributed by atoms with Crippen LogP contribution in [0.4, 0.5) is 0 Å². The van der Waals surface area contributed by atoms with Crippen LogP contribution in [0.15, 0.2) is 36.4 Å². The SMILES string of the molecule is Cc1cc(/C=C/C(=O)c2ccc(OCOC(=O)C(C)(C)C)cc2)c(OC(C)C)c(C)c1OCOC(=O)C(C)(C)C. The first-order chi connectivity index (χ1) is 18.5. The summed E-state index contributed by atoms with van der Waals surface area (Å²) >= 11 is 0. The molecule has 0 spiro atoms. The molecule has 0 aliphatic rings. The molecular formula is C32H42O8. The quantitative estimate of drug-likeness (QED) is 0.129. The molecule has 0 bridgehead atoms. The Balaban J connectivity index is 2.15. The third kappa shape index (κ3) is 9.43. The summed E-state index contributed by atoms with van der Waals surface area (Å²) in [5.74, 6) is 0.693. The maximum absolute atomic E-state index is 12.9. The van der Waals surface area contributed by atoms with Gasteiger partial charge in [0.15, 0.2) is 5.78 Å². The van der Waals surface area contributed by atoms with Crippen LogP contribution in [0.25, 0.3) is 6.08 Å². The lowest BCUT2D eigenvalue weighted by molar-refractivity contribution is -0.160. The third-order valence-electron chi connectivity index (χ3n) is 5.61. The van der Waals surface area contributed by atoms with Crippen molar-refractivity contribution in [3.05, 3.63) is 58.7 Å². The van der Waals surface area contributed by atoms with Crippen molar-refractivity contribution in [2.45, 2.75) is 75.3 Å². The Kier molecular flexibility index (Phi) is 10.9. The van der Waals surface area contributed by atoms with Crippen molar-refractivity contribution in [2.24, 2.45) is 10.8 Å². The lowest BCUT2D eigenvalue weighted by atomic mass is 9.97. The van der Waals surface area contributed by atoms with Gasteiger partial charge in [-0.25, -0.2) is 0 Å². The zero-order valence-corrected chi connectivity index (χ0v) is 25.3. The van der Waals surface area contributed by atoms with E-state index >= 15 is 0 Å². The van der Waals surface area contributed by atoms with Gasteiger partial charge in [0.05, 0.1) is 16.9 Å². The predicted molar refractivity (Wildman–Crippen MR) is 154 cm³/mol. The maximum Gasteiger partial charge on any atom is 0.314 e. The number of aryl methyl sites for hydroxylation is 1. The summed E-state index contributed by atoms with van der Waals surface area (Å²) in [7, 11) is 0. The summed E-state index contributed by atoms with van der Waals surface area (Å²) in [6, 6.07) is 8.44. The van der Waals surface area contributed by atoms with Gasteiger partial charge >= 0.3 is 11.9 Å². The van der Waals surface area contributed by atoms with E-state index in [-0.39, 0.29) is 37.4 Å². The minimum atomic E-state index is -0.630. The number of rotatable bonds is 11. The Morgan fingerprint density at radius 1 is 0.800 bits per heavy atom. The second-order valence-corrected chi connectivity index (χ2v) is 11.8. The molecule has 0 atom stereocenters. The van der Waals surface area contributed by atoms with Crippen LogP contribution in [-0.4, -0.2) is 37.4 Å². The van der Waals surface area contributed by atoms with Crippen molar-refractivity contribution in [3.8, 4) is 17.2 Å². The summed E-state index contributed by atoms with van der Waals surface area (Å²) < 4.78 is 27.7. The Hall–Kier alpha value is -3.81. The van der Waals surface area contributed by atoms with E-state index in [1.54, 1.807) is 71.9 Å². The van der Waals surface area contributed by atoms with Crippen molar-refractivity contribution >= 4 is 23.8 Å². The molecule has 2 aromatic rings. The molecule has 40 heavy (non-hydrogen) atoms. The molecule has 0 fully saturated rings. The number of ketones is 1. The van der Waals surface area contributed by atoms with Gasteiger partial charge < -0.3 is 23.7 Å². The van der Waals surface area contributed by atoms with Gasteiger partial charge in [0, 0.05) is 16.7 Å². The van der Waals surface area contributed by atoms with Crippen LogP contribution in [0.2, 0.25) is 0 Å². The van der Waals surface area contributed by atoms with Gasteiger partial charge in [0.2, 0.25) is 13.6 Å². The number of carbonyl (C=O) groups excluding carboxylic acids is 3. The molecule has 0 aliphatic heterocycles. The third-order valence-corrected chi connectivity index (χ3v) is 5.61. The van der Waals surface area contributed by atoms with Gasteiger partial charge in [-0.1, -0.05) is 0 Å². The number of hydrogen-bond donors (Lipinski definition) is 0. The summed E-state index contributed by atoms with van der Waals surface area (Å²) in [5, 5.41) is 0. The van der Waals surface area contributed by atoms with E-state index in [1.807, 2.05) is 33.8 Å². The standard InChI is InChI=1S/C32H42O8/c1-20(2)40-28-22(4)27(37-19-39-30(35)32(8,9)10)21(3)17-24(28)13-16-26(33)23-11-14-25(15-12-23)36-18-38-29(34)31(5,6)7/h11-17,20H,18-19H2,1-10H3/b16-13+. The number of benzene rings is 2. The van der Waals surface area contributed by atoms with E-state index in [9.17, 15) is 14.4 Å². The first kappa shape index (κ1) is 32.4. The molecular weight excluding hydrogens is 512 g/mol. The van der Waals surface area contributed by atoms with E-state index < -0.39 is 10.8 Å². The zero-order valence-electron chi connectivity index (χ0n) is 25.3. The first-order valence-corrected chi connectivity index (χ1v) is 13.2. The van der Waals surface area contributed by atoms with Gasteiger partial charge in [0.1, 0.15) is 17.2 Å². The highest BCUT2D eigenvalue weighted by atomic mass is 16.7. The Labute approximate surface area is 237 Å². The van der Waals surface area contributed by atoms with Crippen molar-refractivity contribution in [1.29, 1.82) is 0 Å². The molecule has 0 aliphatic carbocycles. The lowest BCUT2D eigenvalue weighted by Gasteiger charge is -2.21.